The maximum atomic E-state index is 13.9. The highest BCUT2D eigenvalue weighted by molar-refractivity contribution is 14.0. The number of ether oxygens (including phenoxy) is 2. The van der Waals surface area contributed by atoms with E-state index in [4.69, 9.17) is 9.47 Å². The molecule has 1 unspecified atom stereocenters. The van der Waals surface area contributed by atoms with E-state index < -0.39 is 5.82 Å². The zero-order valence-corrected chi connectivity index (χ0v) is 18.7. The standard InChI is InChI=1S/C20H25F2N3O2.HI/c1-23-20(24-12-19(27-4)15-6-8-16(21)9-7-15)25(2)13-14-5-10-18(26-3)17(22)11-14;/h5-11,19H,12-13H2,1-4H3,(H,23,24);1H. The van der Waals surface area contributed by atoms with Gasteiger partial charge in [0.25, 0.3) is 0 Å². The average Bonchev–Trinajstić information content (AvgIpc) is 2.66. The Balaban J connectivity index is 0.00000392. The third kappa shape index (κ3) is 6.59. The normalized spacial score (nSPS) is 12.1. The lowest BCUT2D eigenvalue weighted by atomic mass is 10.1. The van der Waals surface area contributed by atoms with E-state index in [9.17, 15) is 8.78 Å². The van der Waals surface area contributed by atoms with E-state index in [0.717, 1.165) is 11.1 Å². The maximum absolute atomic E-state index is 13.9. The van der Waals surface area contributed by atoms with E-state index >= 15 is 0 Å². The van der Waals surface area contributed by atoms with Crippen molar-refractivity contribution < 1.29 is 18.3 Å². The second kappa shape index (κ2) is 11.8. The number of methoxy groups -OCH3 is 2. The Kier molecular flexibility index (Phi) is 10.2. The fourth-order valence-corrected chi connectivity index (χ4v) is 2.74. The van der Waals surface area contributed by atoms with Crippen molar-refractivity contribution in [1.29, 1.82) is 0 Å². The topological polar surface area (TPSA) is 46.1 Å². The van der Waals surface area contributed by atoms with Crippen molar-refractivity contribution in [3.8, 4) is 5.75 Å². The molecule has 0 heterocycles. The third-order valence-electron chi connectivity index (χ3n) is 4.18. The fraction of sp³-hybridized carbons (Fsp3) is 0.350. The molecule has 0 amide bonds. The number of benzene rings is 2. The first-order valence-corrected chi connectivity index (χ1v) is 8.51. The molecule has 2 rings (SSSR count). The van der Waals surface area contributed by atoms with Crippen LogP contribution in [0.3, 0.4) is 0 Å². The summed E-state index contributed by atoms with van der Waals surface area (Å²) >= 11 is 0. The number of guanidine groups is 1. The largest absolute Gasteiger partial charge is 0.494 e. The molecule has 0 aromatic heterocycles. The predicted octanol–water partition coefficient (Wildman–Crippen LogP) is 3.99. The number of halogens is 3. The van der Waals surface area contributed by atoms with Crippen LogP contribution in [0.4, 0.5) is 8.78 Å². The van der Waals surface area contributed by atoms with Gasteiger partial charge in [0, 0.05) is 34.3 Å². The molecule has 0 fully saturated rings. The zero-order chi connectivity index (χ0) is 19.8. The lowest BCUT2D eigenvalue weighted by Crippen LogP contribution is -2.40. The fourth-order valence-electron chi connectivity index (χ4n) is 2.74. The summed E-state index contributed by atoms with van der Waals surface area (Å²) in [6.45, 7) is 0.922. The summed E-state index contributed by atoms with van der Waals surface area (Å²) in [4.78, 5) is 6.13. The van der Waals surface area contributed by atoms with E-state index in [-0.39, 0.29) is 41.6 Å². The summed E-state index contributed by atoms with van der Waals surface area (Å²) in [6.07, 6.45) is -0.255. The van der Waals surface area contributed by atoms with E-state index in [2.05, 4.69) is 10.3 Å². The van der Waals surface area contributed by atoms with Crippen LogP contribution in [0.25, 0.3) is 0 Å². The zero-order valence-electron chi connectivity index (χ0n) is 16.4. The van der Waals surface area contributed by atoms with Gasteiger partial charge in [-0.05, 0) is 35.4 Å². The average molecular weight is 505 g/mol. The lowest BCUT2D eigenvalue weighted by molar-refractivity contribution is 0.106. The van der Waals surface area contributed by atoms with Crippen LogP contribution in [0, 0.1) is 11.6 Å². The second-order valence-electron chi connectivity index (χ2n) is 6.03. The number of hydrogen-bond acceptors (Lipinski definition) is 3. The van der Waals surface area contributed by atoms with Gasteiger partial charge in [-0.2, -0.15) is 0 Å². The van der Waals surface area contributed by atoms with E-state index in [1.54, 1.807) is 32.4 Å². The number of nitrogens with one attached hydrogen (secondary N) is 1. The maximum Gasteiger partial charge on any atom is 0.193 e. The molecule has 1 atom stereocenters. The number of aliphatic imine (C=N–C) groups is 1. The van der Waals surface area contributed by atoms with Crippen LogP contribution in [-0.4, -0.2) is 45.7 Å². The van der Waals surface area contributed by atoms with Gasteiger partial charge in [0.1, 0.15) is 5.82 Å². The molecule has 0 bridgehead atoms. The monoisotopic (exact) mass is 505 g/mol. The minimum Gasteiger partial charge on any atom is -0.494 e. The summed E-state index contributed by atoms with van der Waals surface area (Å²) in [6, 6.07) is 11.0. The molecule has 0 saturated carbocycles. The van der Waals surface area contributed by atoms with E-state index in [1.807, 2.05) is 18.0 Å². The number of rotatable bonds is 7. The molecule has 1 N–H and O–H groups in total. The van der Waals surface area contributed by atoms with Gasteiger partial charge in [-0.3, -0.25) is 4.99 Å². The lowest BCUT2D eigenvalue weighted by Gasteiger charge is -2.24. The van der Waals surface area contributed by atoms with Gasteiger partial charge in [-0.15, -0.1) is 24.0 Å². The van der Waals surface area contributed by atoms with Crippen molar-refractivity contribution >= 4 is 29.9 Å². The molecule has 154 valence electrons. The Bertz CT molecular complexity index is 773. The van der Waals surface area contributed by atoms with E-state index in [0.29, 0.717) is 19.0 Å². The summed E-state index contributed by atoms with van der Waals surface area (Å²) < 4.78 is 37.4. The Hall–Kier alpha value is -1.94. The Morgan fingerprint density at radius 1 is 1.14 bits per heavy atom. The summed E-state index contributed by atoms with van der Waals surface area (Å²) in [5, 5.41) is 3.23. The second-order valence-corrected chi connectivity index (χ2v) is 6.03. The molecular weight excluding hydrogens is 479 g/mol. The van der Waals surface area contributed by atoms with Crippen LogP contribution in [0.1, 0.15) is 17.2 Å². The van der Waals surface area contributed by atoms with Gasteiger partial charge in [0.2, 0.25) is 0 Å². The van der Waals surface area contributed by atoms with Crippen molar-refractivity contribution in [2.45, 2.75) is 12.6 Å². The molecule has 2 aromatic rings. The van der Waals surface area contributed by atoms with Crippen molar-refractivity contribution in [2.24, 2.45) is 4.99 Å². The molecule has 8 heteroatoms. The van der Waals surface area contributed by atoms with Crippen LogP contribution >= 0.6 is 24.0 Å². The van der Waals surface area contributed by atoms with Crippen molar-refractivity contribution in [1.82, 2.24) is 10.2 Å². The molecule has 28 heavy (non-hydrogen) atoms. The highest BCUT2D eigenvalue weighted by atomic mass is 127. The number of nitrogens with zero attached hydrogens (tertiary/aromatic N) is 2. The quantitative estimate of drug-likeness (QED) is 0.352. The highest BCUT2D eigenvalue weighted by Crippen LogP contribution is 2.19. The van der Waals surface area contributed by atoms with Gasteiger partial charge < -0.3 is 19.7 Å². The molecule has 0 spiro atoms. The van der Waals surface area contributed by atoms with E-state index in [1.165, 1.54) is 25.3 Å². The van der Waals surface area contributed by atoms with Crippen LogP contribution < -0.4 is 10.1 Å². The Morgan fingerprint density at radius 2 is 1.82 bits per heavy atom. The van der Waals surface area contributed by atoms with Crippen LogP contribution in [-0.2, 0) is 11.3 Å². The van der Waals surface area contributed by atoms with Gasteiger partial charge >= 0.3 is 0 Å². The highest BCUT2D eigenvalue weighted by Gasteiger charge is 2.14. The molecule has 0 aliphatic heterocycles. The minimum atomic E-state index is -0.401. The smallest absolute Gasteiger partial charge is 0.193 e. The van der Waals surface area contributed by atoms with Crippen molar-refractivity contribution in [3.63, 3.8) is 0 Å². The SMILES string of the molecule is CN=C(NCC(OC)c1ccc(F)cc1)N(C)Cc1ccc(OC)c(F)c1.I. The van der Waals surface area contributed by atoms with Gasteiger partial charge in [0.15, 0.2) is 17.5 Å². The van der Waals surface area contributed by atoms with Crippen LogP contribution in [0.5, 0.6) is 5.75 Å². The molecule has 0 aliphatic carbocycles. The molecule has 0 saturated heterocycles. The van der Waals surface area contributed by atoms with Crippen molar-refractivity contribution in [2.75, 3.05) is 34.9 Å². The van der Waals surface area contributed by atoms with Crippen LogP contribution in [0.2, 0.25) is 0 Å². The first-order valence-electron chi connectivity index (χ1n) is 8.51. The summed E-state index contributed by atoms with van der Waals surface area (Å²) in [7, 11) is 6.57. The van der Waals surface area contributed by atoms with Gasteiger partial charge in [-0.1, -0.05) is 18.2 Å². The van der Waals surface area contributed by atoms with Gasteiger partial charge in [-0.25, -0.2) is 8.78 Å². The number of hydrogen-bond donors (Lipinski definition) is 1. The van der Waals surface area contributed by atoms with Gasteiger partial charge in [0.05, 0.1) is 13.2 Å². The molecule has 5 nitrogen and oxygen atoms in total. The summed E-state index contributed by atoms with van der Waals surface area (Å²) in [5.74, 6) is 0.160. The molecule has 2 aromatic carbocycles. The Morgan fingerprint density at radius 3 is 2.36 bits per heavy atom. The molecular formula is C20H26F2IN3O2. The third-order valence-corrected chi connectivity index (χ3v) is 4.18. The predicted molar refractivity (Wildman–Crippen MR) is 117 cm³/mol. The van der Waals surface area contributed by atoms with Crippen LogP contribution in [0.15, 0.2) is 47.5 Å². The Labute approximate surface area is 181 Å². The summed E-state index contributed by atoms with van der Waals surface area (Å²) in [5.41, 5.74) is 1.65. The first-order chi connectivity index (χ1) is 13.0. The van der Waals surface area contributed by atoms with Crippen molar-refractivity contribution in [3.05, 3.63) is 65.2 Å². The molecule has 0 aliphatic rings. The molecule has 0 radical (unpaired) electrons. The first kappa shape index (κ1) is 24.1. The minimum absolute atomic E-state index is 0.